The van der Waals surface area contributed by atoms with Gasteiger partial charge in [0.05, 0.1) is 23.7 Å². The monoisotopic (exact) mass is 580 g/mol. The van der Waals surface area contributed by atoms with Gasteiger partial charge in [-0.15, -0.1) is 24.2 Å². The molecular formula is C28H34Cl2N2O3S2. The van der Waals surface area contributed by atoms with Crippen LogP contribution in [-0.4, -0.2) is 45.8 Å². The molecule has 3 aromatic carbocycles. The molecule has 0 aliphatic carbocycles. The van der Waals surface area contributed by atoms with Gasteiger partial charge in [0.15, 0.2) is 0 Å². The Bertz CT molecular complexity index is 1230. The predicted molar refractivity (Wildman–Crippen MR) is 157 cm³/mol. The number of likely N-dealkylation sites (tertiary alicyclic amines) is 1. The van der Waals surface area contributed by atoms with Crippen LogP contribution in [0, 0.1) is 0 Å². The molecule has 3 aromatic rings. The first-order valence-corrected chi connectivity index (χ1v) is 15.4. The molecule has 0 spiro atoms. The van der Waals surface area contributed by atoms with Gasteiger partial charge in [0, 0.05) is 22.0 Å². The molecule has 37 heavy (non-hydrogen) atoms. The van der Waals surface area contributed by atoms with Crippen LogP contribution in [0.15, 0.2) is 82.6 Å². The molecule has 200 valence electrons. The van der Waals surface area contributed by atoms with E-state index in [-0.39, 0.29) is 23.8 Å². The fourth-order valence-electron chi connectivity index (χ4n) is 4.45. The van der Waals surface area contributed by atoms with Gasteiger partial charge in [0.2, 0.25) is 0 Å². The number of nitrogens with zero attached hydrogens (tertiary/aromatic N) is 2. The number of rotatable bonds is 11. The summed E-state index contributed by atoms with van der Waals surface area (Å²) in [6.07, 6.45) is 6.77. The number of halogens is 2. The van der Waals surface area contributed by atoms with Crippen molar-refractivity contribution in [1.29, 1.82) is 0 Å². The number of thioether (sulfide) groups is 1. The second kappa shape index (κ2) is 14.3. The second-order valence-electron chi connectivity index (χ2n) is 8.85. The highest BCUT2D eigenvalue weighted by atomic mass is 35.5. The molecule has 1 aliphatic heterocycles. The van der Waals surface area contributed by atoms with Gasteiger partial charge in [0.1, 0.15) is 5.75 Å². The van der Waals surface area contributed by atoms with Crippen LogP contribution in [0.2, 0.25) is 5.02 Å². The van der Waals surface area contributed by atoms with Gasteiger partial charge in [-0.05, 0) is 81.1 Å². The average Bonchev–Trinajstić information content (AvgIpc) is 2.91. The molecule has 1 aliphatic rings. The van der Waals surface area contributed by atoms with Gasteiger partial charge < -0.3 is 9.64 Å². The largest absolute Gasteiger partial charge is 0.493 e. The van der Waals surface area contributed by atoms with Crippen LogP contribution in [0.25, 0.3) is 0 Å². The van der Waals surface area contributed by atoms with Gasteiger partial charge in [-0.2, -0.15) is 0 Å². The Labute approximate surface area is 236 Å². The van der Waals surface area contributed by atoms with Crippen LogP contribution < -0.4 is 9.04 Å². The number of benzene rings is 3. The van der Waals surface area contributed by atoms with Crippen molar-refractivity contribution >= 4 is 51.5 Å². The minimum absolute atomic E-state index is 0. The lowest BCUT2D eigenvalue weighted by Crippen LogP contribution is -2.31. The van der Waals surface area contributed by atoms with Crippen molar-refractivity contribution in [1.82, 2.24) is 4.90 Å². The zero-order valence-electron chi connectivity index (χ0n) is 21.0. The Hall–Kier alpha value is -1.90. The van der Waals surface area contributed by atoms with Crippen LogP contribution in [0.1, 0.15) is 31.2 Å². The quantitative estimate of drug-likeness (QED) is 0.178. The second-order valence-corrected chi connectivity index (χ2v) is 12.0. The molecule has 0 N–H and O–H groups in total. The average molecular weight is 582 g/mol. The standard InChI is InChI=1S/C28H33ClN2O3S2.ClH/c1-35-28-13-6-4-11-26(28)31(36(32,33)25-16-14-24(29)15-17-25)22-23-10-3-5-12-27(23)34-21-9-20-30-18-7-2-8-19-30;/h3-6,10-17H,2,7-9,18-22H2,1H3;1H. The fraction of sp³-hybridized carbons (Fsp3) is 0.357. The van der Waals surface area contributed by atoms with Crippen molar-refractivity contribution in [3.63, 3.8) is 0 Å². The summed E-state index contributed by atoms with van der Waals surface area (Å²) in [5.74, 6) is 0.717. The lowest BCUT2D eigenvalue weighted by Gasteiger charge is -2.27. The first kappa shape index (κ1) is 29.7. The summed E-state index contributed by atoms with van der Waals surface area (Å²) < 4.78 is 35.4. The summed E-state index contributed by atoms with van der Waals surface area (Å²) in [6.45, 7) is 4.12. The van der Waals surface area contributed by atoms with E-state index in [1.165, 1.54) is 48.4 Å². The predicted octanol–water partition coefficient (Wildman–Crippen LogP) is 7.13. The molecule has 1 fully saturated rings. The Morgan fingerprint density at radius 1 is 0.946 bits per heavy atom. The van der Waals surface area contributed by atoms with Gasteiger partial charge in [-0.1, -0.05) is 48.4 Å². The molecule has 0 unspecified atom stereocenters. The normalized spacial score (nSPS) is 14.1. The summed E-state index contributed by atoms with van der Waals surface area (Å²) in [5.41, 5.74) is 1.46. The van der Waals surface area contributed by atoms with E-state index >= 15 is 0 Å². The van der Waals surface area contributed by atoms with Crippen molar-refractivity contribution in [2.24, 2.45) is 0 Å². The van der Waals surface area contributed by atoms with Gasteiger partial charge in [-0.3, -0.25) is 4.31 Å². The van der Waals surface area contributed by atoms with Crippen LogP contribution in [-0.2, 0) is 16.6 Å². The minimum atomic E-state index is -3.86. The molecule has 9 heteroatoms. The minimum Gasteiger partial charge on any atom is -0.493 e. The van der Waals surface area contributed by atoms with Crippen LogP contribution >= 0.6 is 35.8 Å². The van der Waals surface area contributed by atoms with E-state index < -0.39 is 10.0 Å². The van der Waals surface area contributed by atoms with Crippen LogP contribution in [0.4, 0.5) is 5.69 Å². The summed E-state index contributed by atoms with van der Waals surface area (Å²) in [6, 6.07) is 21.6. The van der Waals surface area contributed by atoms with E-state index in [2.05, 4.69) is 4.90 Å². The van der Waals surface area contributed by atoms with Crippen LogP contribution in [0.3, 0.4) is 0 Å². The summed E-state index contributed by atoms with van der Waals surface area (Å²) in [4.78, 5) is 3.58. The van der Waals surface area contributed by atoms with E-state index in [0.29, 0.717) is 23.1 Å². The number of hydrogen-bond acceptors (Lipinski definition) is 5. The molecule has 1 saturated heterocycles. The maximum atomic E-state index is 13.9. The van der Waals surface area contributed by atoms with Crippen LogP contribution in [0.5, 0.6) is 5.75 Å². The molecule has 0 radical (unpaired) electrons. The smallest absolute Gasteiger partial charge is 0.264 e. The number of anilines is 1. The van der Waals surface area contributed by atoms with Gasteiger partial charge >= 0.3 is 0 Å². The Morgan fingerprint density at radius 2 is 1.62 bits per heavy atom. The first-order valence-electron chi connectivity index (χ1n) is 12.3. The summed E-state index contributed by atoms with van der Waals surface area (Å²) >= 11 is 7.55. The highest BCUT2D eigenvalue weighted by molar-refractivity contribution is 7.99. The van der Waals surface area contributed by atoms with E-state index in [4.69, 9.17) is 16.3 Å². The molecule has 1 heterocycles. The lowest BCUT2D eigenvalue weighted by molar-refractivity contribution is 0.204. The van der Waals surface area contributed by atoms with Crippen molar-refractivity contribution in [3.8, 4) is 5.75 Å². The van der Waals surface area contributed by atoms with Crippen molar-refractivity contribution in [3.05, 3.63) is 83.4 Å². The van der Waals surface area contributed by atoms with Crippen molar-refractivity contribution in [2.75, 3.05) is 36.8 Å². The third-order valence-electron chi connectivity index (χ3n) is 6.37. The summed E-state index contributed by atoms with van der Waals surface area (Å²) in [7, 11) is -3.86. The molecule has 5 nitrogen and oxygen atoms in total. The first-order chi connectivity index (χ1) is 17.5. The van der Waals surface area contributed by atoms with Crippen molar-refractivity contribution in [2.45, 2.75) is 42.0 Å². The van der Waals surface area contributed by atoms with Gasteiger partial charge in [-0.25, -0.2) is 8.42 Å². The molecule has 0 aromatic heterocycles. The number of ether oxygens (including phenoxy) is 1. The number of para-hydroxylation sites is 2. The topological polar surface area (TPSA) is 49.9 Å². The van der Waals surface area contributed by atoms with E-state index in [9.17, 15) is 8.42 Å². The summed E-state index contributed by atoms with van der Waals surface area (Å²) in [5, 5.41) is 0.494. The van der Waals surface area contributed by atoms with Crippen molar-refractivity contribution < 1.29 is 13.2 Å². The van der Waals surface area contributed by atoms with Gasteiger partial charge in [0.25, 0.3) is 10.0 Å². The number of piperidine rings is 1. The molecular weight excluding hydrogens is 547 g/mol. The Morgan fingerprint density at radius 3 is 2.35 bits per heavy atom. The highest BCUT2D eigenvalue weighted by Crippen LogP contribution is 2.35. The molecule has 0 atom stereocenters. The Balaban J connectivity index is 0.00000380. The molecule has 0 bridgehead atoms. The van der Waals surface area contributed by atoms with E-state index in [0.717, 1.165) is 23.4 Å². The van der Waals surface area contributed by atoms with E-state index in [1.807, 2.05) is 54.8 Å². The maximum absolute atomic E-state index is 13.9. The van der Waals surface area contributed by atoms with E-state index in [1.54, 1.807) is 24.3 Å². The highest BCUT2D eigenvalue weighted by Gasteiger charge is 2.28. The molecule has 0 amide bonds. The fourth-order valence-corrected chi connectivity index (χ4v) is 6.70. The third-order valence-corrected chi connectivity index (χ3v) is 9.18. The maximum Gasteiger partial charge on any atom is 0.264 e. The Kier molecular flexibility index (Phi) is 11.5. The number of sulfonamides is 1. The number of hydrogen-bond donors (Lipinski definition) is 0. The molecule has 4 rings (SSSR count). The molecule has 0 saturated carbocycles. The third kappa shape index (κ3) is 7.80. The zero-order valence-corrected chi connectivity index (χ0v) is 24.2. The SMILES string of the molecule is CSc1ccccc1N(Cc1ccccc1OCCCN1CCCCC1)S(=O)(=O)c1ccc(Cl)cc1.Cl. The lowest BCUT2D eigenvalue weighted by atomic mass is 10.1. The zero-order chi connectivity index (χ0) is 25.4.